The van der Waals surface area contributed by atoms with Crippen molar-refractivity contribution >= 4 is 65.5 Å². The number of ether oxygens (including phenoxy) is 12. The summed E-state index contributed by atoms with van der Waals surface area (Å²) in [4.78, 5) is 14.5. The number of rotatable bonds is 34. The molecule has 0 spiro atoms. The van der Waals surface area contributed by atoms with E-state index in [4.69, 9.17) is 56.8 Å². The third-order valence-corrected chi connectivity index (χ3v) is 13.3. The molecule has 0 atom stereocenters. The molecule has 0 fully saturated rings. The molecule has 10 rings (SSSR count). The molecule has 1 amide bonds. The second-order valence-corrected chi connectivity index (χ2v) is 18.3. The average molecular weight is 1060 g/mol. The van der Waals surface area contributed by atoms with Crippen molar-refractivity contribution < 1.29 is 61.6 Å². The minimum Gasteiger partial charge on any atom is -0.487 e. The number of benzene rings is 10. The lowest BCUT2D eigenvalue weighted by Gasteiger charge is -2.25. The summed E-state index contributed by atoms with van der Waals surface area (Å²) in [5.41, 5.74) is 5.46. The molecular formula is C64H69NO13. The number of nitrogens with one attached hydrogen (secondary N) is 1. The normalized spacial score (nSPS) is 11.7. The van der Waals surface area contributed by atoms with Gasteiger partial charge in [0.05, 0.1) is 99.1 Å². The van der Waals surface area contributed by atoms with Crippen molar-refractivity contribution in [1.29, 1.82) is 0 Å². The number of hydrogen-bond acceptors (Lipinski definition) is 13. The summed E-state index contributed by atoms with van der Waals surface area (Å²) < 4.78 is 68.2. The highest BCUT2D eigenvalue weighted by molar-refractivity contribution is 6.39. The van der Waals surface area contributed by atoms with Gasteiger partial charge in [0.2, 0.25) is 5.75 Å². The number of fused-ring (bicyclic) bond motifs is 3. The van der Waals surface area contributed by atoms with E-state index in [9.17, 15) is 4.79 Å². The van der Waals surface area contributed by atoms with E-state index in [-0.39, 0.29) is 45.5 Å². The number of amides is 1. The molecule has 0 radical (unpaired) electrons. The molecule has 2 bridgehead atoms. The molecule has 0 saturated carbocycles. The SMILES string of the molecule is COCCOCCOCCOc1cc(C(=O)Nc2ccc(-c3c(-c4c5ccccc5cc5ccccc45)c4c5ccccc5c3c3ccccc34)cc2)cc(OCCOCCOCCOC)c1OCCOCCOCCOC. The first-order valence-electron chi connectivity index (χ1n) is 26.6. The van der Waals surface area contributed by atoms with E-state index in [0.29, 0.717) is 108 Å². The first-order chi connectivity index (χ1) is 38.6. The maximum atomic E-state index is 14.5. The van der Waals surface area contributed by atoms with E-state index in [0.717, 1.165) is 11.1 Å². The summed E-state index contributed by atoms with van der Waals surface area (Å²) in [5.74, 6) is 0.531. The minimum atomic E-state index is -0.374. The average Bonchev–Trinajstić information content (AvgIpc) is 3.66. The molecule has 1 N–H and O–H groups in total. The van der Waals surface area contributed by atoms with Gasteiger partial charge in [0.15, 0.2) is 11.5 Å². The van der Waals surface area contributed by atoms with E-state index < -0.39 is 0 Å². The summed E-state index contributed by atoms with van der Waals surface area (Å²) >= 11 is 0. The lowest BCUT2D eigenvalue weighted by atomic mass is 9.77. The van der Waals surface area contributed by atoms with Gasteiger partial charge in [0.1, 0.15) is 19.8 Å². The lowest BCUT2D eigenvalue weighted by molar-refractivity contribution is 0.0146. The topological polar surface area (TPSA) is 140 Å². The van der Waals surface area contributed by atoms with Crippen molar-refractivity contribution in [3.8, 4) is 39.5 Å². The highest BCUT2D eigenvalue weighted by atomic mass is 16.6. The number of carbonyl (C=O) groups is 1. The Labute approximate surface area is 455 Å². The Morgan fingerprint density at radius 1 is 0.359 bits per heavy atom. The van der Waals surface area contributed by atoms with E-state index in [1.807, 2.05) is 12.1 Å². The summed E-state index contributed by atoms with van der Waals surface area (Å²) in [6, 6.07) is 48.6. The first kappa shape index (κ1) is 55.8. The van der Waals surface area contributed by atoms with E-state index >= 15 is 0 Å². The highest BCUT2D eigenvalue weighted by Gasteiger charge is 2.26. The largest absolute Gasteiger partial charge is 0.487 e. The predicted octanol–water partition coefficient (Wildman–Crippen LogP) is 11.7. The van der Waals surface area contributed by atoms with Crippen LogP contribution in [0.1, 0.15) is 10.4 Å². The Balaban J connectivity index is 1.02. The van der Waals surface area contributed by atoms with Gasteiger partial charge in [-0.2, -0.15) is 0 Å². The Hall–Kier alpha value is -6.95. The zero-order valence-electron chi connectivity index (χ0n) is 44.8. The van der Waals surface area contributed by atoms with Crippen LogP contribution in [0, 0.1) is 0 Å². The fourth-order valence-corrected chi connectivity index (χ4v) is 9.74. The maximum Gasteiger partial charge on any atom is 0.255 e. The quantitative estimate of drug-likeness (QED) is 0.0303. The molecule has 0 unspecified atom stereocenters. The molecule has 0 aliphatic rings. The predicted molar refractivity (Wildman–Crippen MR) is 307 cm³/mol. The van der Waals surface area contributed by atoms with E-state index in [1.54, 1.807) is 33.5 Å². The van der Waals surface area contributed by atoms with Gasteiger partial charge in [-0.15, -0.1) is 0 Å². The maximum absolute atomic E-state index is 14.5. The fraction of sp³-hybridized carbons (Fsp3) is 0.328. The van der Waals surface area contributed by atoms with Crippen LogP contribution in [0.5, 0.6) is 17.2 Å². The van der Waals surface area contributed by atoms with Crippen LogP contribution in [0.25, 0.3) is 76.1 Å². The van der Waals surface area contributed by atoms with Crippen LogP contribution in [-0.4, -0.2) is 146 Å². The van der Waals surface area contributed by atoms with Gasteiger partial charge in [0.25, 0.3) is 5.91 Å². The Kier molecular flexibility index (Phi) is 20.8. The van der Waals surface area contributed by atoms with E-state index in [2.05, 4.69) is 121 Å². The molecule has 78 heavy (non-hydrogen) atoms. The number of anilines is 1. The molecule has 0 aliphatic heterocycles. The highest BCUT2D eigenvalue weighted by Crippen LogP contribution is 2.54. The zero-order chi connectivity index (χ0) is 53.7. The summed E-state index contributed by atoms with van der Waals surface area (Å²) in [6.07, 6.45) is 0. The minimum absolute atomic E-state index is 0.154. The first-order valence-corrected chi connectivity index (χ1v) is 26.6. The molecule has 10 aromatic rings. The van der Waals surface area contributed by atoms with Crippen molar-refractivity contribution in [2.24, 2.45) is 0 Å². The van der Waals surface area contributed by atoms with Gasteiger partial charge in [0, 0.05) is 32.6 Å². The van der Waals surface area contributed by atoms with Gasteiger partial charge in [-0.3, -0.25) is 4.79 Å². The molecule has 0 aliphatic carbocycles. The molecule has 14 heteroatoms. The van der Waals surface area contributed by atoms with Gasteiger partial charge in [-0.05, 0) is 106 Å². The Bertz CT molecular complexity index is 3170. The second kappa shape index (κ2) is 29.1. The monoisotopic (exact) mass is 1060 g/mol. The molecule has 0 saturated heterocycles. The zero-order valence-corrected chi connectivity index (χ0v) is 44.8. The van der Waals surface area contributed by atoms with Crippen molar-refractivity contribution in [2.75, 3.05) is 146 Å². The van der Waals surface area contributed by atoms with Crippen LogP contribution in [0.4, 0.5) is 5.69 Å². The molecule has 10 aromatic carbocycles. The summed E-state index contributed by atoms with van der Waals surface area (Å²) in [6.45, 7) is 6.52. The molecular weight excluding hydrogens is 991 g/mol. The van der Waals surface area contributed by atoms with Crippen molar-refractivity contribution in [2.45, 2.75) is 0 Å². The third kappa shape index (κ3) is 13.8. The van der Waals surface area contributed by atoms with Gasteiger partial charge in [-0.25, -0.2) is 0 Å². The van der Waals surface area contributed by atoms with Gasteiger partial charge < -0.3 is 62.2 Å². The van der Waals surface area contributed by atoms with E-state index in [1.165, 1.54) is 65.0 Å². The van der Waals surface area contributed by atoms with Crippen molar-refractivity contribution in [3.05, 3.63) is 145 Å². The standard InChI is InChI=1S/C64H69NO13/c1-67-24-27-70-30-33-73-36-39-76-56-43-48(44-57(77-40-37-74-34-31-71-28-25-68-2)63(56)78-41-38-75-35-32-72-29-26-69-3)64(66)65-49-22-20-45(21-23-49)58-60-52-16-8-10-18-54(52)61(55-19-11-9-17-53(55)60)62(58)59-50-14-6-4-12-46(50)42-47-13-5-7-15-51(47)59/h4-23,42-44H,24-41H2,1-3H3,(H,65,66). The smallest absolute Gasteiger partial charge is 0.255 e. The Morgan fingerprint density at radius 2 is 0.718 bits per heavy atom. The van der Waals surface area contributed by atoms with Crippen LogP contribution in [0.3, 0.4) is 0 Å². The summed E-state index contributed by atoms with van der Waals surface area (Å²) in [5, 5.41) is 15.1. The van der Waals surface area contributed by atoms with Crippen molar-refractivity contribution in [1.82, 2.24) is 0 Å². The third-order valence-electron chi connectivity index (χ3n) is 13.3. The van der Waals surface area contributed by atoms with Gasteiger partial charge in [-0.1, -0.05) is 109 Å². The van der Waals surface area contributed by atoms with Gasteiger partial charge >= 0.3 is 0 Å². The molecule has 14 nitrogen and oxygen atoms in total. The van der Waals surface area contributed by atoms with Crippen LogP contribution in [0.2, 0.25) is 0 Å². The number of hydrogen-bond donors (Lipinski definition) is 1. The van der Waals surface area contributed by atoms with Crippen LogP contribution < -0.4 is 19.5 Å². The van der Waals surface area contributed by atoms with Crippen LogP contribution in [-0.2, 0) is 42.6 Å². The number of carbonyl (C=O) groups excluding carboxylic acids is 1. The molecule has 408 valence electrons. The summed E-state index contributed by atoms with van der Waals surface area (Å²) in [7, 11) is 4.89. The molecule has 0 aromatic heterocycles. The second-order valence-electron chi connectivity index (χ2n) is 18.3. The van der Waals surface area contributed by atoms with Crippen molar-refractivity contribution in [3.63, 3.8) is 0 Å². The van der Waals surface area contributed by atoms with Crippen LogP contribution >= 0.6 is 0 Å². The fourth-order valence-electron chi connectivity index (χ4n) is 9.74. The molecule has 0 heterocycles. The number of methoxy groups -OCH3 is 3. The Morgan fingerprint density at radius 3 is 1.14 bits per heavy atom. The lowest BCUT2D eigenvalue weighted by Crippen LogP contribution is -2.17. The van der Waals surface area contributed by atoms with Crippen LogP contribution in [0.15, 0.2) is 140 Å².